The summed E-state index contributed by atoms with van der Waals surface area (Å²) in [6, 6.07) is 0. The van der Waals surface area contributed by atoms with Crippen molar-refractivity contribution in [3.8, 4) is 0 Å². The summed E-state index contributed by atoms with van der Waals surface area (Å²) in [6.07, 6.45) is -0.817. The van der Waals surface area contributed by atoms with E-state index in [0.717, 1.165) is 0 Å². The minimum Gasteiger partial charge on any atom is -0.345 e. The average molecular weight is 215 g/mol. The Kier molecular flexibility index (Phi) is 7.91. The number of hydrogen-bond donors (Lipinski definition) is 0. The number of hydrogen-bond acceptors (Lipinski definition) is 3. The normalized spacial score (nSPS) is 10.7. The summed E-state index contributed by atoms with van der Waals surface area (Å²) in [7, 11) is 0. The highest BCUT2D eigenvalue weighted by molar-refractivity contribution is 6.18. The van der Waals surface area contributed by atoms with Crippen LogP contribution in [0.5, 0.6) is 0 Å². The van der Waals surface area contributed by atoms with Crippen molar-refractivity contribution in [2.75, 3.05) is 25.0 Å². The van der Waals surface area contributed by atoms with Crippen molar-refractivity contribution in [1.82, 2.24) is 0 Å². The molecule has 0 aromatic heterocycles. The second-order valence-corrected chi connectivity index (χ2v) is 2.82. The summed E-state index contributed by atoms with van der Waals surface area (Å²) in [6.45, 7) is 2.00. The van der Waals surface area contributed by atoms with Gasteiger partial charge in [0.15, 0.2) is 5.78 Å². The molecule has 5 heteroatoms. The third-order valence-corrected chi connectivity index (χ3v) is 1.33. The van der Waals surface area contributed by atoms with Crippen LogP contribution < -0.4 is 0 Å². The van der Waals surface area contributed by atoms with Gasteiger partial charge in [0.25, 0.3) is 0 Å². The van der Waals surface area contributed by atoms with Crippen LogP contribution in [0.15, 0.2) is 0 Å². The lowest BCUT2D eigenvalue weighted by atomic mass is 10.4. The minimum atomic E-state index is -0.817. The molecular formula is C7H12Cl2O3. The first-order valence-electron chi connectivity index (χ1n) is 3.58. The van der Waals surface area contributed by atoms with E-state index in [1.807, 2.05) is 0 Å². The molecule has 3 nitrogen and oxygen atoms in total. The molecule has 0 aromatic carbocycles. The molecule has 0 saturated heterocycles. The smallest absolute Gasteiger partial charge is 0.217 e. The Labute approximate surface area is 81.9 Å². The fraction of sp³-hybridized carbons (Fsp3) is 0.857. The molecule has 0 aromatic rings. The number of carbonyl (C=O) groups is 1. The van der Waals surface area contributed by atoms with Crippen LogP contribution in [0.4, 0.5) is 0 Å². The Balaban J connectivity index is 3.62. The first-order valence-corrected chi connectivity index (χ1v) is 4.65. The maximum atomic E-state index is 10.8. The standard InChI is InChI=1S/C7H12Cl2O3/c1-6(10)7(11-4-2-8)12-5-3-9/h7H,2-5H2,1H3. The lowest BCUT2D eigenvalue weighted by Gasteiger charge is -2.13. The van der Waals surface area contributed by atoms with Crippen molar-refractivity contribution >= 4 is 29.0 Å². The highest BCUT2D eigenvalue weighted by atomic mass is 35.5. The van der Waals surface area contributed by atoms with Gasteiger partial charge in [0.1, 0.15) is 0 Å². The van der Waals surface area contributed by atoms with Gasteiger partial charge >= 0.3 is 0 Å². The number of halogens is 2. The molecule has 72 valence electrons. The summed E-state index contributed by atoms with van der Waals surface area (Å²) < 4.78 is 9.98. The Bertz CT molecular complexity index is 122. The quantitative estimate of drug-likeness (QED) is 0.475. The van der Waals surface area contributed by atoms with E-state index in [2.05, 4.69) is 0 Å². The third kappa shape index (κ3) is 5.77. The predicted molar refractivity (Wildman–Crippen MR) is 47.8 cm³/mol. The zero-order chi connectivity index (χ0) is 9.40. The lowest BCUT2D eigenvalue weighted by Crippen LogP contribution is -2.27. The summed E-state index contributed by atoms with van der Waals surface area (Å²) >= 11 is 10.7. The van der Waals surface area contributed by atoms with E-state index >= 15 is 0 Å². The maximum absolute atomic E-state index is 10.8. The third-order valence-electron chi connectivity index (χ3n) is 1.02. The number of ether oxygens (including phenoxy) is 2. The van der Waals surface area contributed by atoms with E-state index in [4.69, 9.17) is 32.7 Å². The zero-order valence-electron chi connectivity index (χ0n) is 6.89. The summed E-state index contributed by atoms with van der Waals surface area (Å²) in [4.78, 5) is 10.8. The van der Waals surface area contributed by atoms with E-state index < -0.39 is 6.29 Å². The molecule has 0 saturated carbocycles. The molecule has 0 fully saturated rings. The van der Waals surface area contributed by atoms with Crippen molar-refractivity contribution in [1.29, 1.82) is 0 Å². The van der Waals surface area contributed by atoms with Crippen LogP contribution in [0.25, 0.3) is 0 Å². The molecule has 0 heterocycles. The highest BCUT2D eigenvalue weighted by Crippen LogP contribution is 1.97. The van der Waals surface area contributed by atoms with Crippen molar-refractivity contribution in [3.63, 3.8) is 0 Å². The van der Waals surface area contributed by atoms with Crippen molar-refractivity contribution in [2.45, 2.75) is 13.2 Å². The van der Waals surface area contributed by atoms with Crippen molar-refractivity contribution in [2.24, 2.45) is 0 Å². The van der Waals surface area contributed by atoms with E-state index in [0.29, 0.717) is 25.0 Å². The van der Waals surface area contributed by atoms with E-state index in [1.54, 1.807) is 0 Å². The molecular weight excluding hydrogens is 203 g/mol. The number of alkyl halides is 2. The van der Waals surface area contributed by atoms with E-state index in [9.17, 15) is 4.79 Å². The summed E-state index contributed by atoms with van der Waals surface area (Å²) in [5.41, 5.74) is 0. The molecule has 0 unspecified atom stereocenters. The van der Waals surface area contributed by atoms with Crippen LogP contribution in [0.3, 0.4) is 0 Å². The highest BCUT2D eigenvalue weighted by Gasteiger charge is 2.13. The first kappa shape index (κ1) is 12.2. The number of carbonyl (C=O) groups excluding carboxylic acids is 1. The molecule has 0 aliphatic rings. The molecule has 0 amide bonds. The van der Waals surface area contributed by atoms with Gasteiger partial charge in [-0.1, -0.05) is 0 Å². The molecule has 0 spiro atoms. The van der Waals surface area contributed by atoms with E-state index in [1.165, 1.54) is 6.92 Å². The molecule has 0 aliphatic carbocycles. The van der Waals surface area contributed by atoms with Gasteiger partial charge in [-0.05, 0) is 6.92 Å². The zero-order valence-corrected chi connectivity index (χ0v) is 8.40. The Morgan fingerprint density at radius 1 is 1.25 bits per heavy atom. The molecule has 0 atom stereocenters. The van der Waals surface area contributed by atoms with Crippen molar-refractivity contribution in [3.05, 3.63) is 0 Å². The molecule has 0 bridgehead atoms. The van der Waals surface area contributed by atoms with Crippen LogP contribution >= 0.6 is 23.2 Å². The lowest BCUT2D eigenvalue weighted by molar-refractivity contribution is -0.165. The van der Waals surface area contributed by atoms with Gasteiger partial charge in [-0.25, -0.2) is 0 Å². The molecule has 0 rings (SSSR count). The predicted octanol–water partition coefficient (Wildman–Crippen LogP) is 1.41. The average Bonchev–Trinajstić information content (AvgIpc) is 2.04. The van der Waals surface area contributed by atoms with Gasteiger partial charge in [-0.3, -0.25) is 4.79 Å². The molecule has 12 heavy (non-hydrogen) atoms. The largest absolute Gasteiger partial charge is 0.345 e. The van der Waals surface area contributed by atoms with Crippen LogP contribution in [-0.2, 0) is 14.3 Å². The fourth-order valence-corrected chi connectivity index (χ4v) is 0.764. The molecule has 0 aliphatic heterocycles. The van der Waals surface area contributed by atoms with Gasteiger partial charge in [0.05, 0.1) is 13.2 Å². The Morgan fingerprint density at radius 3 is 1.92 bits per heavy atom. The topological polar surface area (TPSA) is 35.5 Å². The second kappa shape index (κ2) is 7.80. The van der Waals surface area contributed by atoms with Gasteiger partial charge in [-0.2, -0.15) is 0 Å². The maximum Gasteiger partial charge on any atom is 0.217 e. The monoisotopic (exact) mass is 214 g/mol. The van der Waals surface area contributed by atoms with Crippen LogP contribution in [0, 0.1) is 0 Å². The van der Waals surface area contributed by atoms with Crippen LogP contribution in [0.2, 0.25) is 0 Å². The Morgan fingerprint density at radius 2 is 1.67 bits per heavy atom. The minimum absolute atomic E-state index is 0.176. The van der Waals surface area contributed by atoms with E-state index in [-0.39, 0.29) is 5.78 Å². The summed E-state index contributed by atoms with van der Waals surface area (Å²) in [5.74, 6) is 0.507. The van der Waals surface area contributed by atoms with Crippen molar-refractivity contribution < 1.29 is 14.3 Å². The number of ketones is 1. The van der Waals surface area contributed by atoms with Crippen LogP contribution in [-0.4, -0.2) is 37.0 Å². The summed E-state index contributed by atoms with van der Waals surface area (Å²) in [5, 5.41) is 0. The Hall–Kier alpha value is 0.170. The molecule has 0 N–H and O–H groups in total. The van der Waals surface area contributed by atoms with Gasteiger partial charge in [-0.15, -0.1) is 23.2 Å². The number of rotatable bonds is 7. The second-order valence-electron chi connectivity index (χ2n) is 2.06. The first-order chi connectivity index (χ1) is 5.72. The number of Topliss-reactive ketones (excluding diaryl/α,β-unsaturated/α-hetero) is 1. The SMILES string of the molecule is CC(=O)C(OCCCl)OCCCl. The van der Waals surface area contributed by atoms with Gasteiger partial charge < -0.3 is 9.47 Å². The van der Waals surface area contributed by atoms with Gasteiger partial charge in [0, 0.05) is 11.8 Å². The van der Waals surface area contributed by atoms with Crippen LogP contribution in [0.1, 0.15) is 6.92 Å². The van der Waals surface area contributed by atoms with Gasteiger partial charge in [0.2, 0.25) is 6.29 Å². The molecule has 0 radical (unpaired) electrons. The fourth-order valence-electron chi connectivity index (χ4n) is 0.586.